The molecule has 0 saturated heterocycles. The monoisotopic (exact) mass is 211 g/mol. The molecule has 0 heterocycles. The fourth-order valence-corrected chi connectivity index (χ4v) is 1.40. The number of methoxy groups -OCH3 is 2. The molecule has 0 aliphatic heterocycles. The molecule has 0 saturated carbocycles. The van der Waals surface area contributed by atoms with Crippen LogP contribution in [0.5, 0.6) is 11.5 Å². The van der Waals surface area contributed by atoms with Gasteiger partial charge in [0.2, 0.25) is 0 Å². The zero-order chi connectivity index (χ0) is 11.3. The standard InChI is InChI=1S/C11H17NO3/c1-8-10(13-2)5-9(7-12-15-4)6-11(8)14-3/h5-6,12H,7H2,1-4H3. The topological polar surface area (TPSA) is 39.7 Å². The highest BCUT2D eigenvalue weighted by molar-refractivity contribution is 5.47. The summed E-state index contributed by atoms with van der Waals surface area (Å²) in [4.78, 5) is 4.79. The van der Waals surface area contributed by atoms with Crippen LogP contribution in [-0.4, -0.2) is 21.3 Å². The van der Waals surface area contributed by atoms with E-state index in [2.05, 4.69) is 5.48 Å². The van der Waals surface area contributed by atoms with Crippen molar-refractivity contribution in [2.24, 2.45) is 0 Å². The highest BCUT2D eigenvalue weighted by Crippen LogP contribution is 2.29. The molecule has 0 aliphatic rings. The molecule has 0 radical (unpaired) electrons. The van der Waals surface area contributed by atoms with E-state index in [1.807, 2.05) is 19.1 Å². The third kappa shape index (κ3) is 2.84. The van der Waals surface area contributed by atoms with Crippen molar-refractivity contribution < 1.29 is 14.3 Å². The van der Waals surface area contributed by atoms with Crippen LogP contribution in [0.3, 0.4) is 0 Å². The van der Waals surface area contributed by atoms with Gasteiger partial charge in [0.1, 0.15) is 11.5 Å². The molecule has 1 rings (SSSR count). The van der Waals surface area contributed by atoms with E-state index in [9.17, 15) is 0 Å². The number of benzene rings is 1. The molecule has 1 N–H and O–H groups in total. The van der Waals surface area contributed by atoms with Gasteiger partial charge < -0.3 is 14.3 Å². The summed E-state index contributed by atoms with van der Waals surface area (Å²) in [5.74, 6) is 1.64. The Bertz CT molecular complexity index is 301. The maximum absolute atomic E-state index is 5.26. The molecule has 0 amide bonds. The number of hydrogen-bond acceptors (Lipinski definition) is 4. The van der Waals surface area contributed by atoms with Crippen molar-refractivity contribution in [2.75, 3.05) is 21.3 Å². The molecule has 0 unspecified atom stereocenters. The minimum Gasteiger partial charge on any atom is -0.496 e. The lowest BCUT2D eigenvalue weighted by molar-refractivity contribution is 0.0866. The Labute approximate surface area is 90.1 Å². The Kier molecular flexibility index (Phi) is 4.39. The maximum atomic E-state index is 5.26. The van der Waals surface area contributed by atoms with Crippen LogP contribution in [0, 0.1) is 6.92 Å². The fourth-order valence-electron chi connectivity index (χ4n) is 1.40. The Balaban J connectivity index is 2.98. The van der Waals surface area contributed by atoms with Gasteiger partial charge in [-0.25, -0.2) is 0 Å². The van der Waals surface area contributed by atoms with E-state index in [4.69, 9.17) is 14.3 Å². The summed E-state index contributed by atoms with van der Waals surface area (Å²) in [6.07, 6.45) is 0. The van der Waals surface area contributed by atoms with Gasteiger partial charge in [0.25, 0.3) is 0 Å². The first kappa shape index (κ1) is 11.8. The van der Waals surface area contributed by atoms with E-state index >= 15 is 0 Å². The van der Waals surface area contributed by atoms with E-state index in [1.54, 1.807) is 21.3 Å². The second-order valence-electron chi connectivity index (χ2n) is 3.15. The number of hydroxylamine groups is 1. The minimum absolute atomic E-state index is 0.615. The third-order valence-electron chi connectivity index (χ3n) is 2.23. The molecule has 84 valence electrons. The highest BCUT2D eigenvalue weighted by atomic mass is 16.6. The average molecular weight is 211 g/mol. The lowest BCUT2D eigenvalue weighted by atomic mass is 10.1. The third-order valence-corrected chi connectivity index (χ3v) is 2.23. The molecule has 0 aromatic heterocycles. The van der Waals surface area contributed by atoms with Gasteiger partial charge in [0, 0.05) is 12.1 Å². The lowest BCUT2D eigenvalue weighted by Crippen LogP contribution is -2.11. The highest BCUT2D eigenvalue weighted by Gasteiger charge is 2.07. The summed E-state index contributed by atoms with van der Waals surface area (Å²) >= 11 is 0. The smallest absolute Gasteiger partial charge is 0.125 e. The molecular weight excluding hydrogens is 194 g/mol. The fraction of sp³-hybridized carbons (Fsp3) is 0.455. The molecule has 4 nitrogen and oxygen atoms in total. The summed E-state index contributed by atoms with van der Waals surface area (Å²) in [6, 6.07) is 3.92. The van der Waals surface area contributed by atoms with Crippen molar-refractivity contribution >= 4 is 0 Å². The van der Waals surface area contributed by atoms with Crippen molar-refractivity contribution in [3.63, 3.8) is 0 Å². The predicted molar refractivity (Wildman–Crippen MR) is 58.1 cm³/mol. The van der Waals surface area contributed by atoms with E-state index in [-0.39, 0.29) is 0 Å². The van der Waals surface area contributed by atoms with Gasteiger partial charge in [0.05, 0.1) is 21.3 Å². The second-order valence-corrected chi connectivity index (χ2v) is 3.15. The molecule has 1 aromatic rings. The maximum Gasteiger partial charge on any atom is 0.125 e. The Hall–Kier alpha value is -1.26. The SMILES string of the molecule is CONCc1cc(OC)c(C)c(OC)c1. The molecule has 0 aliphatic carbocycles. The minimum atomic E-state index is 0.615. The van der Waals surface area contributed by atoms with Crippen LogP contribution in [0.15, 0.2) is 12.1 Å². The van der Waals surface area contributed by atoms with Gasteiger partial charge in [-0.15, -0.1) is 0 Å². The second kappa shape index (κ2) is 5.58. The molecule has 4 heteroatoms. The quantitative estimate of drug-likeness (QED) is 0.752. The summed E-state index contributed by atoms with van der Waals surface area (Å²) < 4.78 is 10.5. The molecule has 0 fully saturated rings. The Morgan fingerprint density at radius 3 is 2.00 bits per heavy atom. The van der Waals surface area contributed by atoms with E-state index in [0.29, 0.717) is 6.54 Å². The van der Waals surface area contributed by atoms with Gasteiger partial charge in [-0.05, 0) is 24.6 Å². The Morgan fingerprint density at radius 1 is 1.07 bits per heavy atom. The summed E-state index contributed by atoms with van der Waals surface area (Å²) in [6.45, 7) is 2.58. The molecule has 15 heavy (non-hydrogen) atoms. The first-order valence-electron chi connectivity index (χ1n) is 4.70. The molecule has 0 atom stereocenters. The van der Waals surface area contributed by atoms with Crippen LogP contribution in [0.1, 0.15) is 11.1 Å². The van der Waals surface area contributed by atoms with Crippen LogP contribution < -0.4 is 15.0 Å². The van der Waals surface area contributed by atoms with E-state index < -0.39 is 0 Å². The zero-order valence-corrected chi connectivity index (χ0v) is 9.59. The van der Waals surface area contributed by atoms with Crippen molar-refractivity contribution in [2.45, 2.75) is 13.5 Å². The molecule has 0 spiro atoms. The van der Waals surface area contributed by atoms with E-state index in [0.717, 1.165) is 22.6 Å². The first-order valence-corrected chi connectivity index (χ1v) is 4.70. The predicted octanol–water partition coefficient (Wildman–Crippen LogP) is 1.66. The van der Waals surface area contributed by atoms with Gasteiger partial charge in [-0.1, -0.05) is 0 Å². The van der Waals surface area contributed by atoms with Gasteiger partial charge in [-0.3, -0.25) is 0 Å². The molecule has 0 bridgehead atoms. The van der Waals surface area contributed by atoms with Crippen molar-refractivity contribution in [3.05, 3.63) is 23.3 Å². The number of hydrogen-bond donors (Lipinski definition) is 1. The normalized spacial score (nSPS) is 10.1. The van der Waals surface area contributed by atoms with Crippen LogP contribution in [0.2, 0.25) is 0 Å². The van der Waals surface area contributed by atoms with Crippen molar-refractivity contribution in [1.29, 1.82) is 0 Å². The van der Waals surface area contributed by atoms with Crippen molar-refractivity contribution in [3.8, 4) is 11.5 Å². The first-order chi connectivity index (χ1) is 7.22. The van der Waals surface area contributed by atoms with E-state index in [1.165, 1.54) is 0 Å². The Morgan fingerprint density at radius 2 is 1.60 bits per heavy atom. The lowest BCUT2D eigenvalue weighted by Gasteiger charge is -2.12. The van der Waals surface area contributed by atoms with Crippen LogP contribution >= 0.6 is 0 Å². The molecular formula is C11H17NO3. The average Bonchev–Trinajstić information content (AvgIpc) is 2.27. The van der Waals surface area contributed by atoms with Crippen LogP contribution in [0.4, 0.5) is 0 Å². The van der Waals surface area contributed by atoms with Crippen molar-refractivity contribution in [1.82, 2.24) is 5.48 Å². The largest absolute Gasteiger partial charge is 0.496 e. The summed E-state index contributed by atoms with van der Waals surface area (Å²) in [5.41, 5.74) is 4.83. The zero-order valence-electron chi connectivity index (χ0n) is 9.59. The molecule has 1 aromatic carbocycles. The van der Waals surface area contributed by atoms with Gasteiger partial charge >= 0.3 is 0 Å². The van der Waals surface area contributed by atoms with Gasteiger partial charge in [-0.2, -0.15) is 5.48 Å². The van der Waals surface area contributed by atoms with Crippen LogP contribution in [0.25, 0.3) is 0 Å². The van der Waals surface area contributed by atoms with Crippen LogP contribution in [-0.2, 0) is 11.4 Å². The summed E-state index contributed by atoms with van der Waals surface area (Å²) in [7, 11) is 4.88. The number of ether oxygens (including phenoxy) is 2. The van der Waals surface area contributed by atoms with Gasteiger partial charge in [0.15, 0.2) is 0 Å². The summed E-state index contributed by atoms with van der Waals surface area (Å²) in [5, 5.41) is 0. The number of rotatable bonds is 5. The number of nitrogens with one attached hydrogen (secondary N) is 1.